The van der Waals surface area contributed by atoms with E-state index >= 15 is 0 Å². The number of para-hydroxylation sites is 2. The van der Waals surface area contributed by atoms with E-state index in [1.807, 2.05) is 0 Å². The van der Waals surface area contributed by atoms with Gasteiger partial charge in [0.2, 0.25) is 5.91 Å². The number of carbonyl (C=O) groups excluding carboxylic acids is 2. The lowest BCUT2D eigenvalue weighted by molar-refractivity contribution is -0.166. The summed E-state index contributed by atoms with van der Waals surface area (Å²) < 4.78 is 43.1. The smallest absolute Gasteiger partial charge is 0.454 e. The number of rotatable bonds is 3. The molecule has 1 aliphatic heterocycles. The van der Waals surface area contributed by atoms with Crippen molar-refractivity contribution in [1.29, 1.82) is 0 Å². The van der Waals surface area contributed by atoms with Crippen molar-refractivity contribution in [2.75, 3.05) is 12.0 Å². The number of ether oxygens (including phenoxy) is 1. The maximum Gasteiger partial charge on any atom is 0.454 e. The van der Waals surface area contributed by atoms with Crippen LogP contribution >= 0.6 is 0 Å². The molecule has 2 rings (SSSR count). The molecule has 1 aliphatic rings. The molecule has 1 aromatic rings. The minimum Gasteiger partial charge on any atom is -0.495 e. The molecule has 4 nitrogen and oxygen atoms in total. The molecule has 0 aliphatic carbocycles. The minimum absolute atomic E-state index is 0.0110. The summed E-state index contributed by atoms with van der Waals surface area (Å²) in [5, 5.41) is 0. The molecule has 1 aromatic carbocycles. The van der Waals surface area contributed by atoms with Crippen LogP contribution in [-0.4, -0.2) is 25.0 Å². The van der Waals surface area contributed by atoms with Crippen LogP contribution in [0.15, 0.2) is 35.5 Å². The van der Waals surface area contributed by atoms with Crippen molar-refractivity contribution in [3.63, 3.8) is 0 Å². The molecule has 0 saturated carbocycles. The lowest BCUT2D eigenvalue weighted by atomic mass is 9.97. The van der Waals surface area contributed by atoms with E-state index in [2.05, 4.69) is 0 Å². The Hall–Kier alpha value is -2.31. The molecule has 0 radical (unpaired) electrons. The highest BCUT2D eigenvalue weighted by Crippen LogP contribution is 2.37. The summed E-state index contributed by atoms with van der Waals surface area (Å²) in [5.41, 5.74) is -0.0826. The Labute approximate surface area is 125 Å². The van der Waals surface area contributed by atoms with Gasteiger partial charge in [-0.3, -0.25) is 14.5 Å². The van der Waals surface area contributed by atoms with Gasteiger partial charge in [0, 0.05) is 17.7 Å². The van der Waals surface area contributed by atoms with Gasteiger partial charge in [0.1, 0.15) is 5.75 Å². The zero-order valence-electron chi connectivity index (χ0n) is 12.0. The number of alkyl halides is 3. The van der Waals surface area contributed by atoms with E-state index in [1.54, 1.807) is 24.3 Å². The van der Waals surface area contributed by atoms with Crippen LogP contribution in [0, 0.1) is 0 Å². The second-order valence-electron chi connectivity index (χ2n) is 4.79. The van der Waals surface area contributed by atoms with E-state index in [9.17, 15) is 22.8 Å². The number of anilines is 1. The van der Waals surface area contributed by atoms with Crippen LogP contribution in [0.1, 0.15) is 19.8 Å². The van der Waals surface area contributed by atoms with Crippen LogP contribution < -0.4 is 9.64 Å². The van der Waals surface area contributed by atoms with Crippen molar-refractivity contribution in [1.82, 2.24) is 0 Å². The monoisotopic (exact) mass is 313 g/mol. The van der Waals surface area contributed by atoms with Gasteiger partial charge < -0.3 is 4.74 Å². The molecule has 0 unspecified atom stereocenters. The maximum atomic E-state index is 12.7. The normalized spacial score (nSPS) is 16.0. The van der Waals surface area contributed by atoms with Crippen LogP contribution in [-0.2, 0) is 9.59 Å². The van der Waals surface area contributed by atoms with Gasteiger partial charge in [0.15, 0.2) is 0 Å². The molecular formula is C15H14F3NO3. The number of amides is 1. The van der Waals surface area contributed by atoms with Crippen molar-refractivity contribution >= 4 is 17.4 Å². The zero-order chi connectivity index (χ0) is 16.5. The zero-order valence-corrected chi connectivity index (χ0v) is 12.0. The van der Waals surface area contributed by atoms with Crippen molar-refractivity contribution < 1.29 is 27.5 Å². The molecule has 118 valence electrons. The van der Waals surface area contributed by atoms with Crippen LogP contribution in [0.4, 0.5) is 18.9 Å². The van der Waals surface area contributed by atoms with E-state index in [4.69, 9.17) is 4.74 Å². The molecular weight excluding hydrogens is 299 g/mol. The molecule has 0 fully saturated rings. The fraction of sp³-hybridized carbons (Fsp3) is 0.333. The summed E-state index contributed by atoms with van der Waals surface area (Å²) in [6.45, 7) is 1.34. The lowest BCUT2D eigenvalue weighted by Crippen LogP contribution is -2.37. The molecule has 0 aromatic heterocycles. The van der Waals surface area contributed by atoms with Crippen molar-refractivity contribution in [3.8, 4) is 5.75 Å². The highest BCUT2D eigenvalue weighted by Gasteiger charge is 2.43. The van der Waals surface area contributed by atoms with Gasteiger partial charge in [0.25, 0.3) is 5.78 Å². The quantitative estimate of drug-likeness (QED) is 0.861. The Bertz CT molecular complexity index is 650. The summed E-state index contributed by atoms with van der Waals surface area (Å²) in [6, 6.07) is 6.47. The van der Waals surface area contributed by atoms with Gasteiger partial charge in [-0.2, -0.15) is 13.2 Å². The average Bonchev–Trinajstić information content (AvgIpc) is 2.46. The predicted molar refractivity (Wildman–Crippen MR) is 73.5 cm³/mol. The summed E-state index contributed by atoms with van der Waals surface area (Å²) >= 11 is 0. The minimum atomic E-state index is -4.95. The number of benzene rings is 1. The van der Waals surface area contributed by atoms with E-state index in [-0.39, 0.29) is 24.4 Å². The number of ketones is 1. The number of hydrogen-bond donors (Lipinski definition) is 0. The first kappa shape index (κ1) is 16.1. The molecule has 0 atom stereocenters. The molecule has 0 spiro atoms. The number of halogens is 3. The van der Waals surface area contributed by atoms with E-state index in [0.717, 1.165) is 4.90 Å². The molecule has 7 heteroatoms. The largest absolute Gasteiger partial charge is 0.495 e. The van der Waals surface area contributed by atoms with Gasteiger partial charge in [-0.05, 0) is 25.5 Å². The van der Waals surface area contributed by atoms with Crippen LogP contribution in [0.2, 0.25) is 0 Å². The summed E-state index contributed by atoms with van der Waals surface area (Å²) in [4.78, 5) is 24.8. The second kappa shape index (κ2) is 5.82. The van der Waals surface area contributed by atoms with Gasteiger partial charge >= 0.3 is 6.18 Å². The number of Topliss-reactive ketones (excluding diaryl/α,β-unsaturated/α-hetero) is 1. The number of methoxy groups -OCH3 is 1. The molecule has 22 heavy (non-hydrogen) atoms. The molecule has 0 bridgehead atoms. The maximum absolute atomic E-state index is 12.7. The first-order chi connectivity index (χ1) is 10.3. The summed E-state index contributed by atoms with van der Waals surface area (Å²) in [7, 11) is 1.40. The molecule has 1 amide bonds. The third-order valence-electron chi connectivity index (χ3n) is 3.47. The predicted octanol–water partition coefficient (Wildman–Crippen LogP) is 3.23. The highest BCUT2D eigenvalue weighted by molar-refractivity contribution is 6.07. The first-order valence-corrected chi connectivity index (χ1v) is 6.54. The van der Waals surface area contributed by atoms with Crippen molar-refractivity contribution in [2.45, 2.75) is 25.9 Å². The third-order valence-corrected chi connectivity index (χ3v) is 3.47. The van der Waals surface area contributed by atoms with Crippen LogP contribution in [0.3, 0.4) is 0 Å². The van der Waals surface area contributed by atoms with Gasteiger partial charge in [-0.25, -0.2) is 0 Å². The second-order valence-corrected chi connectivity index (χ2v) is 4.79. The molecule has 1 heterocycles. The molecule has 0 saturated heterocycles. The van der Waals surface area contributed by atoms with E-state index < -0.39 is 17.5 Å². The van der Waals surface area contributed by atoms with Crippen molar-refractivity contribution in [2.24, 2.45) is 0 Å². The Kier molecular flexibility index (Phi) is 4.25. The topological polar surface area (TPSA) is 46.6 Å². The van der Waals surface area contributed by atoms with Crippen LogP contribution in [0.5, 0.6) is 5.75 Å². The number of carbonyl (C=O) groups is 2. The lowest BCUT2D eigenvalue weighted by Gasteiger charge is -2.31. The average molecular weight is 313 g/mol. The summed E-state index contributed by atoms with van der Waals surface area (Å²) in [5.74, 6) is -1.94. The van der Waals surface area contributed by atoms with Gasteiger partial charge in [-0.15, -0.1) is 0 Å². The fourth-order valence-electron chi connectivity index (χ4n) is 2.43. The Morgan fingerprint density at radius 1 is 1.23 bits per heavy atom. The third kappa shape index (κ3) is 2.84. The molecule has 0 N–H and O–H groups in total. The Morgan fingerprint density at radius 2 is 1.86 bits per heavy atom. The van der Waals surface area contributed by atoms with E-state index in [1.165, 1.54) is 14.0 Å². The number of nitrogens with zero attached hydrogens (tertiary/aromatic N) is 1. The number of allylic oxidation sites excluding steroid dienone is 2. The number of hydrogen-bond acceptors (Lipinski definition) is 3. The van der Waals surface area contributed by atoms with Crippen LogP contribution in [0.25, 0.3) is 0 Å². The SMILES string of the molecule is COc1ccccc1N1C(=O)CCC(C(=O)C(F)(F)F)=C1C. The van der Waals surface area contributed by atoms with E-state index in [0.29, 0.717) is 11.4 Å². The van der Waals surface area contributed by atoms with Crippen molar-refractivity contribution in [3.05, 3.63) is 35.5 Å². The Morgan fingerprint density at radius 3 is 2.45 bits per heavy atom. The summed E-state index contributed by atoms with van der Waals surface area (Å²) in [6.07, 6.45) is -5.33. The highest BCUT2D eigenvalue weighted by atomic mass is 19.4. The first-order valence-electron chi connectivity index (χ1n) is 6.54. The standard InChI is InChI=1S/C15H14F3NO3/c1-9-10(14(21)15(16,17)18)7-8-13(20)19(9)11-5-3-4-6-12(11)22-2/h3-6H,7-8H2,1-2H3. The van der Waals surface area contributed by atoms with Gasteiger partial charge in [0.05, 0.1) is 12.8 Å². The Balaban J connectivity index is 2.54. The van der Waals surface area contributed by atoms with Gasteiger partial charge in [-0.1, -0.05) is 12.1 Å². The fourth-order valence-corrected chi connectivity index (χ4v) is 2.43.